The first-order valence-electron chi connectivity index (χ1n) is 9.49. The average Bonchev–Trinajstić information content (AvgIpc) is 2.92. The Morgan fingerprint density at radius 3 is 2.57 bits per heavy atom. The number of benzene rings is 2. The van der Waals surface area contributed by atoms with Crippen LogP contribution in [0.25, 0.3) is 0 Å². The lowest BCUT2D eigenvalue weighted by atomic mass is 10.1. The zero-order chi connectivity index (χ0) is 21.8. The van der Waals surface area contributed by atoms with Gasteiger partial charge in [0.25, 0.3) is 17.7 Å². The number of rotatable bonds is 7. The molecule has 0 radical (unpaired) electrons. The highest BCUT2D eigenvalue weighted by Gasteiger charge is 2.35. The van der Waals surface area contributed by atoms with E-state index in [1.54, 1.807) is 18.2 Å². The summed E-state index contributed by atoms with van der Waals surface area (Å²) in [5, 5.41) is 2.46. The fraction of sp³-hybridized carbons (Fsp3) is 0.273. The smallest absolute Gasteiger partial charge is 0.306 e. The number of halogens is 1. The number of hydrogen-bond acceptors (Lipinski definition) is 5. The minimum absolute atomic E-state index is 0.0655. The average molecular weight is 412 g/mol. The molecular weight excluding hydrogens is 391 g/mol. The number of carbonyl (C=O) groups is 4. The fourth-order valence-corrected chi connectivity index (χ4v) is 3.11. The number of amides is 3. The van der Waals surface area contributed by atoms with E-state index in [1.165, 1.54) is 25.1 Å². The molecule has 0 saturated heterocycles. The Morgan fingerprint density at radius 1 is 1.10 bits per heavy atom. The summed E-state index contributed by atoms with van der Waals surface area (Å²) >= 11 is 0. The molecule has 0 spiro atoms. The lowest BCUT2D eigenvalue weighted by Crippen LogP contribution is -2.32. The third-order valence-electron chi connectivity index (χ3n) is 4.66. The van der Waals surface area contributed by atoms with Gasteiger partial charge < -0.3 is 10.1 Å². The van der Waals surface area contributed by atoms with Gasteiger partial charge in [0.05, 0.1) is 11.1 Å². The quantitative estimate of drug-likeness (QED) is 0.557. The van der Waals surface area contributed by atoms with Crippen LogP contribution in [0.2, 0.25) is 0 Å². The summed E-state index contributed by atoms with van der Waals surface area (Å²) in [5.74, 6) is -2.49. The Balaban J connectivity index is 1.46. The SMILES string of the molecule is Cc1ccc2c(c1)C(=O)N(CCCC(=O)OC(C)C(=O)Nc1cccc(F)c1)C2=O. The second-order valence-corrected chi connectivity index (χ2v) is 7.05. The van der Waals surface area contributed by atoms with Gasteiger partial charge in [-0.3, -0.25) is 24.1 Å². The van der Waals surface area contributed by atoms with Crippen molar-refractivity contribution in [3.8, 4) is 0 Å². The Bertz CT molecular complexity index is 1020. The van der Waals surface area contributed by atoms with Gasteiger partial charge in [0, 0.05) is 18.7 Å². The molecule has 3 rings (SSSR count). The normalized spacial score (nSPS) is 13.8. The summed E-state index contributed by atoms with van der Waals surface area (Å²) in [4.78, 5) is 50.0. The Kier molecular flexibility index (Phi) is 6.25. The van der Waals surface area contributed by atoms with E-state index in [-0.39, 0.29) is 36.9 Å². The van der Waals surface area contributed by atoms with Crippen molar-refractivity contribution in [1.29, 1.82) is 0 Å². The number of nitrogens with zero attached hydrogens (tertiary/aromatic N) is 1. The predicted octanol–water partition coefficient (Wildman–Crippen LogP) is 3.08. The molecule has 8 heteroatoms. The molecule has 1 unspecified atom stereocenters. The molecule has 7 nitrogen and oxygen atoms in total. The molecule has 0 saturated carbocycles. The zero-order valence-electron chi connectivity index (χ0n) is 16.6. The van der Waals surface area contributed by atoms with E-state index < -0.39 is 23.8 Å². The second kappa shape index (κ2) is 8.86. The Morgan fingerprint density at radius 2 is 1.83 bits per heavy atom. The van der Waals surface area contributed by atoms with Crippen molar-refractivity contribution >= 4 is 29.4 Å². The van der Waals surface area contributed by atoms with E-state index in [0.717, 1.165) is 16.5 Å². The van der Waals surface area contributed by atoms with Gasteiger partial charge in [0.2, 0.25) is 0 Å². The number of nitrogens with one attached hydrogen (secondary N) is 1. The summed E-state index contributed by atoms with van der Waals surface area (Å²) in [5.41, 5.74) is 1.86. The van der Waals surface area contributed by atoms with Gasteiger partial charge >= 0.3 is 5.97 Å². The highest BCUT2D eigenvalue weighted by atomic mass is 19.1. The van der Waals surface area contributed by atoms with Crippen LogP contribution in [-0.4, -0.2) is 41.2 Å². The fourth-order valence-electron chi connectivity index (χ4n) is 3.11. The lowest BCUT2D eigenvalue weighted by molar-refractivity contribution is -0.153. The van der Waals surface area contributed by atoms with Crippen LogP contribution in [-0.2, 0) is 14.3 Å². The molecule has 0 bridgehead atoms. The maximum absolute atomic E-state index is 13.2. The first-order valence-corrected chi connectivity index (χ1v) is 9.49. The standard InChI is InChI=1S/C22H21FN2O5/c1-13-8-9-17-18(11-13)22(29)25(21(17)28)10-4-7-19(26)30-14(2)20(27)24-16-6-3-5-15(23)12-16/h3,5-6,8-9,11-12,14H,4,7,10H2,1-2H3,(H,24,27). The van der Waals surface area contributed by atoms with Crippen LogP contribution in [0.4, 0.5) is 10.1 Å². The van der Waals surface area contributed by atoms with E-state index in [9.17, 15) is 23.6 Å². The molecule has 30 heavy (non-hydrogen) atoms. The molecule has 1 heterocycles. The molecule has 1 aliphatic heterocycles. The minimum Gasteiger partial charge on any atom is -0.453 e. The van der Waals surface area contributed by atoms with Crippen molar-refractivity contribution in [3.05, 3.63) is 65.0 Å². The number of imide groups is 1. The number of fused-ring (bicyclic) bond motifs is 1. The van der Waals surface area contributed by atoms with E-state index in [2.05, 4.69) is 5.32 Å². The van der Waals surface area contributed by atoms with Gasteiger partial charge in [-0.2, -0.15) is 0 Å². The van der Waals surface area contributed by atoms with Gasteiger partial charge in [0.1, 0.15) is 5.82 Å². The lowest BCUT2D eigenvalue weighted by Gasteiger charge is -2.15. The largest absolute Gasteiger partial charge is 0.453 e. The third kappa shape index (κ3) is 4.71. The van der Waals surface area contributed by atoms with E-state index in [0.29, 0.717) is 11.1 Å². The van der Waals surface area contributed by atoms with Crippen LogP contribution in [0, 0.1) is 12.7 Å². The molecule has 156 valence electrons. The minimum atomic E-state index is -1.08. The second-order valence-electron chi connectivity index (χ2n) is 7.05. The van der Waals surface area contributed by atoms with Crippen molar-refractivity contribution < 1.29 is 28.3 Å². The van der Waals surface area contributed by atoms with E-state index in [4.69, 9.17) is 4.74 Å². The number of aryl methyl sites for hydroxylation is 1. The summed E-state index contributed by atoms with van der Waals surface area (Å²) < 4.78 is 18.2. The molecule has 2 aromatic rings. The van der Waals surface area contributed by atoms with Crippen LogP contribution in [0.3, 0.4) is 0 Å². The Hall–Kier alpha value is -3.55. The van der Waals surface area contributed by atoms with Crippen molar-refractivity contribution in [2.75, 3.05) is 11.9 Å². The number of esters is 1. The zero-order valence-corrected chi connectivity index (χ0v) is 16.6. The molecule has 1 atom stereocenters. The van der Waals surface area contributed by atoms with Crippen molar-refractivity contribution in [2.24, 2.45) is 0 Å². The van der Waals surface area contributed by atoms with Crippen LogP contribution < -0.4 is 5.32 Å². The first-order chi connectivity index (χ1) is 14.3. The van der Waals surface area contributed by atoms with Crippen LogP contribution in [0.1, 0.15) is 46.0 Å². The summed E-state index contributed by atoms with van der Waals surface area (Å²) in [6.07, 6.45) is -0.936. The van der Waals surface area contributed by atoms with Crippen LogP contribution in [0.5, 0.6) is 0 Å². The van der Waals surface area contributed by atoms with Gasteiger partial charge in [0.15, 0.2) is 6.10 Å². The highest BCUT2D eigenvalue weighted by Crippen LogP contribution is 2.24. The third-order valence-corrected chi connectivity index (χ3v) is 4.66. The molecule has 1 N–H and O–H groups in total. The van der Waals surface area contributed by atoms with Crippen molar-refractivity contribution in [1.82, 2.24) is 4.90 Å². The Labute approximate surface area is 172 Å². The van der Waals surface area contributed by atoms with Gasteiger partial charge in [-0.05, 0) is 50.6 Å². The summed E-state index contributed by atoms with van der Waals surface area (Å²) in [6.45, 7) is 3.31. The number of anilines is 1. The maximum atomic E-state index is 13.2. The number of ether oxygens (including phenoxy) is 1. The predicted molar refractivity (Wildman–Crippen MR) is 106 cm³/mol. The maximum Gasteiger partial charge on any atom is 0.306 e. The molecule has 3 amide bonds. The summed E-state index contributed by atoms with van der Waals surface area (Å²) in [6, 6.07) is 10.4. The van der Waals surface area contributed by atoms with E-state index in [1.807, 2.05) is 6.92 Å². The molecule has 0 fully saturated rings. The van der Waals surface area contributed by atoms with Crippen molar-refractivity contribution in [2.45, 2.75) is 32.8 Å². The van der Waals surface area contributed by atoms with Crippen LogP contribution >= 0.6 is 0 Å². The van der Waals surface area contributed by atoms with Crippen molar-refractivity contribution in [3.63, 3.8) is 0 Å². The monoisotopic (exact) mass is 412 g/mol. The summed E-state index contributed by atoms with van der Waals surface area (Å²) in [7, 11) is 0. The van der Waals surface area contributed by atoms with E-state index >= 15 is 0 Å². The number of carbonyl (C=O) groups excluding carboxylic acids is 4. The molecule has 1 aliphatic rings. The molecule has 0 aliphatic carbocycles. The molecule has 2 aromatic carbocycles. The first kappa shape index (κ1) is 21.2. The highest BCUT2D eigenvalue weighted by molar-refractivity contribution is 6.21. The molecule has 0 aromatic heterocycles. The van der Waals surface area contributed by atoms with Gasteiger partial charge in [-0.1, -0.05) is 17.7 Å². The molecular formula is C22H21FN2O5. The van der Waals surface area contributed by atoms with Crippen LogP contribution in [0.15, 0.2) is 42.5 Å². The number of hydrogen-bond donors (Lipinski definition) is 1. The topological polar surface area (TPSA) is 92.8 Å². The van der Waals surface area contributed by atoms with Gasteiger partial charge in [-0.25, -0.2) is 4.39 Å². The van der Waals surface area contributed by atoms with Gasteiger partial charge in [-0.15, -0.1) is 0 Å².